The summed E-state index contributed by atoms with van der Waals surface area (Å²) in [6.45, 7) is 4.22. The molecule has 1 N–H and O–H groups in total. The molecule has 3 aromatic rings. The lowest BCUT2D eigenvalue weighted by Gasteiger charge is -2.41. The fraction of sp³-hybridized carbons (Fsp3) is 0.207. The number of hydrogen-bond acceptors (Lipinski definition) is 4. The Morgan fingerprint density at radius 1 is 0.853 bits per heavy atom. The first-order chi connectivity index (χ1) is 16.3. The van der Waals surface area contributed by atoms with E-state index in [1.807, 2.05) is 54.6 Å². The molecule has 1 heterocycles. The van der Waals surface area contributed by atoms with Crippen molar-refractivity contribution in [1.82, 2.24) is 5.32 Å². The fourth-order valence-corrected chi connectivity index (χ4v) is 5.20. The third kappa shape index (κ3) is 3.94. The van der Waals surface area contributed by atoms with Crippen molar-refractivity contribution >= 4 is 22.7 Å². The number of carbonyl (C=O) groups is 1. The minimum atomic E-state index is -0.405. The van der Waals surface area contributed by atoms with Crippen LogP contribution in [0.5, 0.6) is 0 Å². The van der Waals surface area contributed by atoms with Gasteiger partial charge < -0.3 is 5.32 Å². The van der Waals surface area contributed by atoms with Gasteiger partial charge in [0.2, 0.25) is 0 Å². The molecule has 1 aliphatic carbocycles. The lowest BCUT2D eigenvalue weighted by molar-refractivity contribution is -0.384. The molecule has 34 heavy (non-hydrogen) atoms. The van der Waals surface area contributed by atoms with Crippen LogP contribution < -0.4 is 5.32 Å². The van der Waals surface area contributed by atoms with E-state index < -0.39 is 5.92 Å². The van der Waals surface area contributed by atoms with Gasteiger partial charge >= 0.3 is 0 Å². The second-order valence-electron chi connectivity index (χ2n) is 9.76. The predicted octanol–water partition coefficient (Wildman–Crippen LogP) is 6.49. The first-order valence-electron chi connectivity index (χ1n) is 11.5. The van der Waals surface area contributed by atoms with Gasteiger partial charge in [-0.1, -0.05) is 86.6 Å². The molecule has 0 radical (unpaired) electrons. The third-order valence-corrected chi connectivity index (χ3v) is 6.60. The van der Waals surface area contributed by atoms with E-state index in [2.05, 4.69) is 31.3 Å². The molecular formula is C29H26N2O3. The van der Waals surface area contributed by atoms with Crippen molar-refractivity contribution in [2.75, 3.05) is 0 Å². The number of benzene rings is 3. The summed E-state index contributed by atoms with van der Waals surface area (Å²) < 4.78 is 0. The van der Waals surface area contributed by atoms with Crippen LogP contribution in [0.1, 0.15) is 49.3 Å². The summed E-state index contributed by atoms with van der Waals surface area (Å²) in [7, 11) is 0. The highest BCUT2D eigenvalue weighted by atomic mass is 16.6. The summed E-state index contributed by atoms with van der Waals surface area (Å²) in [5.41, 5.74) is 6.14. The Hall–Kier alpha value is -3.99. The van der Waals surface area contributed by atoms with Gasteiger partial charge in [0.05, 0.1) is 10.6 Å². The van der Waals surface area contributed by atoms with Gasteiger partial charge in [-0.3, -0.25) is 14.9 Å². The molecule has 1 atom stereocenters. The molecule has 1 aliphatic heterocycles. The van der Waals surface area contributed by atoms with Crippen LogP contribution in [0.3, 0.4) is 0 Å². The van der Waals surface area contributed by atoms with Crippen LogP contribution in [-0.4, -0.2) is 10.7 Å². The number of rotatable bonds is 4. The number of nitro groups is 1. The number of nitrogens with zero attached hydrogens (tertiary/aromatic N) is 1. The van der Waals surface area contributed by atoms with Crippen molar-refractivity contribution in [1.29, 1.82) is 0 Å². The lowest BCUT2D eigenvalue weighted by atomic mass is 9.67. The lowest BCUT2D eigenvalue weighted by Crippen LogP contribution is -2.36. The summed E-state index contributed by atoms with van der Waals surface area (Å²) >= 11 is 0. The second kappa shape index (κ2) is 8.41. The Morgan fingerprint density at radius 3 is 2.15 bits per heavy atom. The van der Waals surface area contributed by atoms with Gasteiger partial charge in [0.25, 0.3) is 5.69 Å². The van der Waals surface area contributed by atoms with Crippen LogP contribution in [-0.2, 0) is 4.79 Å². The van der Waals surface area contributed by atoms with Crippen molar-refractivity contribution in [2.45, 2.75) is 32.6 Å². The molecule has 0 saturated carbocycles. The maximum Gasteiger partial charge on any atom is 0.269 e. The minimum absolute atomic E-state index is 0.0236. The highest BCUT2D eigenvalue weighted by Crippen LogP contribution is 2.51. The number of non-ortho nitro benzene ring substituents is 1. The Balaban J connectivity index is 1.82. The third-order valence-electron chi connectivity index (χ3n) is 6.60. The van der Waals surface area contributed by atoms with E-state index >= 15 is 0 Å². The molecule has 0 bridgehead atoms. The molecule has 0 amide bonds. The van der Waals surface area contributed by atoms with Crippen LogP contribution in [0.25, 0.3) is 11.3 Å². The van der Waals surface area contributed by atoms with E-state index in [0.29, 0.717) is 6.42 Å². The van der Waals surface area contributed by atoms with Crippen molar-refractivity contribution in [2.24, 2.45) is 5.41 Å². The zero-order valence-corrected chi connectivity index (χ0v) is 19.2. The van der Waals surface area contributed by atoms with Crippen molar-refractivity contribution in [3.63, 3.8) is 0 Å². The largest absolute Gasteiger partial charge is 0.358 e. The van der Waals surface area contributed by atoms with Gasteiger partial charge in [-0.15, -0.1) is 0 Å². The molecule has 0 saturated heterocycles. The average molecular weight is 451 g/mol. The number of allylic oxidation sites excluding steroid dienone is 3. The molecule has 0 spiro atoms. The number of carbonyl (C=O) groups excluding carboxylic acids is 1. The summed E-state index contributed by atoms with van der Waals surface area (Å²) in [6.07, 6.45) is 1.18. The van der Waals surface area contributed by atoms with E-state index in [-0.39, 0.29) is 21.8 Å². The standard InChI is InChI=1S/C29H26N2O3/c1-29(2)17-23-27(24(32)18-29)25(21-14-9-15-22(16-21)31(33)34)26(19-10-5-3-6-11-19)28(30-23)20-12-7-4-8-13-20/h3-16,25,30H,17-18H2,1-2H3. The van der Waals surface area contributed by atoms with E-state index in [1.54, 1.807) is 12.1 Å². The summed E-state index contributed by atoms with van der Waals surface area (Å²) in [5, 5.41) is 15.3. The number of ketones is 1. The number of hydrogen-bond donors (Lipinski definition) is 1. The van der Waals surface area contributed by atoms with E-state index in [4.69, 9.17) is 0 Å². The summed E-state index contributed by atoms with van der Waals surface area (Å²) in [5.74, 6) is -0.312. The van der Waals surface area contributed by atoms with Crippen LogP contribution in [0, 0.1) is 15.5 Å². The fourth-order valence-electron chi connectivity index (χ4n) is 5.20. The maximum absolute atomic E-state index is 13.6. The van der Waals surface area contributed by atoms with E-state index in [0.717, 1.165) is 45.7 Å². The molecule has 170 valence electrons. The normalized spacial score (nSPS) is 19.5. The molecule has 5 heteroatoms. The van der Waals surface area contributed by atoms with Crippen molar-refractivity contribution < 1.29 is 9.72 Å². The molecule has 5 nitrogen and oxygen atoms in total. The van der Waals surface area contributed by atoms with Crippen LogP contribution >= 0.6 is 0 Å². The molecule has 1 unspecified atom stereocenters. The number of Topliss-reactive ketones (excluding diaryl/α,β-unsaturated/α-hetero) is 1. The van der Waals surface area contributed by atoms with E-state index in [9.17, 15) is 14.9 Å². The first kappa shape index (κ1) is 21.8. The van der Waals surface area contributed by atoms with Gasteiger partial charge in [-0.05, 0) is 34.1 Å². The average Bonchev–Trinajstić information content (AvgIpc) is 2.83. The quantitative estimate of drug-likeness (QED) is 0.364. The van der Waals surface area contributed by atoms with Crippen molar-refractivity contribution in [3.8, 4) is 0 Å². The SMILES string of the molecule is CC1(C)CC(=O)C2=C(C1)NC(c1ccccc1)=C(c1ccccc1)C2c1cccc([N+](=O)[O-])c1. The Labute approximate surface area is 199 Å². The zero-order valence-electron chi connectivity index (χ0n) is 19.2. The van der Waals surface area contributed by atoms with Gasteiger partial charge in [0, 0.05) is 35.7 Å². The highest BCUT2D eigenvalue weighted by Gasteiger charge is 2.42. The molecule has 2 aliphatic rings. The maximum atomic E-state index is 13.6. The van der Waals surface area contributed by atoms with Gasteiger partial charge in [-0.2, -0.15) is 0 Å². The highest BCUT2D eigenvalue weighted by molar-refractivity contribution is 6.07. The van der Waals surface area contributed by atoms with Crippen LogP contribution in [0.4, 0.5) is 5.69 Å². The topological polar surface area (TPSA) is 72.2 Å². The Morgan fingerprint density at radius 2 is 1.50 bits per heavy atom. The number of nitro benzene ring substituents is 1. The molecule has 3 aromatic carbocycles. The Kier molecular flexibility index (Phi) is 5.40. The zero-order chi connectivity index (χ0) is 23.9. The molecule has 5 rings (SSSR count). The smallest absolute Gasteiger partial charge is 0.269 e. The molecule has 0 aromatic heterocycles. The molecular weight excluding hydrogens is 424 g/mol. The minimum Gasteiger partial charge on any atom is -0.358 e. The Bertz CT molecular complexity index is 1340. The predicted molar refractivity (Wildman–Crippen MR) is 134 cm³/mol. The van der Waals surface area contributed by atoms with Gasteiger partial charge in [-0.25, -0.2) is 0 Å². The van der Waals surface area contributed by atoms with Gasteiger partial charge in [0.1, 0.15) is 0 Å². The first-order valence-corrected chi connectivity index (χ1v) is 11.5. The summed E-state index contributed by atoms with van der Waals surface area (Å²) in [6, 6.07) is 26.8. The van der Waals surface area contributed by atoms with Crippen molar-refractivity contribution in [3.05, 3.63) is 123 Å². The number of nitrogens with one attached hydrogen (secondary N) is 1. The van der Waals surface area contributed by atoms with Gasteiger partial charge in [0.15, 0.2) is 5.78 Å². The second-order valence-corrected chi connectivity index (χ2v) is 9.76. The van der Waals surface area contributed by atoms with E-state index in [1.165, 1.54) is 6.07 Å². The molecule has 0 fully saturated rings. The van der Waals surface area contributed by atoms with Crippen LogP contribution in [0.15, 0.2) is 96.2 Å². The summed E-state index contributed by atoms with van der Waals surface area (Å²) in [4.78, 5) is 24.8. The number of dihydropyridines is 1. The van der Waals surface area contributed by atoms with Crippen LogP contribution in [0.2, 0.25) is 0 Å². The monoisotopic (exact) mass is 450 g/mol.